The van der Waals surface area contributed by atoms with E-state index in [-0.39, 0.29) is 24.1 Å². The summed E-state index contributed by atoms with van der Waals surface area (Å²) in [7, 11) is 0. The molecule has 2 heterocycles. The van der Waals surface area contributed by atoms with Gasteiger partial charge in [-0.05, 0) is 30.9 Å². The number of imide groups is 1. The fourth-order valence-electron chi connectivity index (χ4n) is 2.34. The Labute approximate surface area is 118 Å². The summed E-state index contributed by atoms with van der Waals surface area (Å²) in [6.07, 6.45) is -1.70. The second-order valence-electron chi connectivity index (χ2n) is 5.22. The summed E-state index contributed by atoms with van der Waals surface area (Å²) >= 11 is 0. The van der Waals surface area contributed by atoms with Crippen LogP contribution < -0.4 is 5.32 Å². The summed E-state index contributed by atoms with van der Waals surface area (Å²) in [5, 5.41) is 2.57. The molecule has 1 aliphatic heterocycles. The molecule has 1 saturated heterocycles. The number of urea groups is 1. The summed E-state index contributed by atoms with van der Waals surface area (Å²) in [4.78, 5) is 28.6. The van der Waals surface area contributed by atoms with Gasteiger partial charge in [-0.2, -0.15) is 13.2 Å². The van der Waals surface area contributed by atoms with Gasteiger partial charge in [0.05, 0.1) is 17.8 Å². The van der Waals surface area contributed by atoms with E-state index in [2.05, 4.69) is 10.3 Å². The number of nitrogens with one attached hydrogen (secondary N) is 1. The van der Waals surface area contributed by atoms with Crippen molar-refractivity contribution < 1.29 is 22.8 Å². The molecule has 21 heavy (non-hydrogen) atoms. The van der Waals surface area contributed by atoms with Gasteiger partial charge >= 0.3 is 12.2 Å². The van der Waals surface area contributed by atoms with Crippen molar-refractivity contribution >= 4 is 11.9 Å². The number of alkyl halides is 3. The monoisotopic (exact) mass is 299 g/mol. The van der Waals surface area contributed by atoms with Crippen molar-refractivity contribution in [3.05, 3.63) is 29.6 Å². The maximum Gasteiger partial charge on any atom is 0.416 e. The minimum atomic E-state index is -4.48. The van der Waals surface area contributed by atoms with E-state index in [1.54, 1.807) is 0 Å². The third-order valence-electron chi connectivity index (χ3n) is 3.61. The molecule has 1 saturated carbocycles. The van der Waals surface area contributed by atoms with E-state index < -0.39 is 23.8 Å². The highest BCUT2D eigenvalue weighted by molar-refractivity contribution is 6.04. The van der Waals surface area contributed by atoms with Gasteiger partial charge < -0.3 is 5.32 Å². The fourth-order valence-corrected chi connectivity index (χ4v) is 2.34. The third-order valence-corrected chi connectivity index (χ3v) is 3.61. The van der Waals surface area contributed by atoms with E-state index in [1.165, 1.54) is 0 Å². The van der Waals surface area contributed by atoms with Crippen LogP contribution >= 0.6 is 0 Å². The number of rotatable bonds is 3. The van der Waals surface area contributed by atoms with Gasteiger partial charge in [-0.1, -0.05) is 0 Å². The fraction of sp³-hybridized carbons (Fsp3) is 0.462. The number of hydrogen-bond donors (Lipinski definition) is 1. The summed E-state index contributed by atoms with van der Waals surface area (Å²) < 4.78 is 37.9. The smallest absolute Gasteiger partial charge is 0.326 e. The average Bonchev–Trinajstić information content (AvgIpc) is 3.21. The summed E-state index contributed by atoms with van der Waals surface area (Å²) in [6.45, 7) is -0.252. The molecule has 2 fully saturated rings. The van der Waals surface area contributed by atoms with Gasteiger partial charge in [0, 0.05) is 6.20 Å². The Morgan fingerprint density at radius 3 is 2.67 bits per heavy atom. The molecular formula is C13H12F3N3O2. The first-order valence-corrected chi connectivity index (χ1v) is 6.50. The van der Waals surface area contributed by atoms with Gasteiger partial charge in [0.15, 0.2) is 0 Å². The van der Waals surface area contributed by atoms with Crippen LogP contribution in [0.1, 0.15) is 24.1 Å². The van der Waals surface area contributed by atoms with Crippen molar-refractivity contribution in [2.24, 2.45) is 5.92 Å². The Morgan fingerprint density at radius 1 is 1.33 bits per heavy atom. The van der Waals surface area contributed by atoms with Gasteiger partial charge in [-0.3, -0.25) is 14.7 Å². The van der Waals surface area contributed by atoms with Crippen LogP contribution in [0.2, 0.25) is 0 Å². The molecule has 1 aliphatic carbocycles. The van der Waals surface area contributed by atoms with Crippen molar-refractivity contribution in [3.63, 3.8) is 0 Å². The highest BCUT2D eigenvalue weighted by Gasteiger charge is 2.46. The standard InChI is InChI=1S/C13H12F3N3O2/c14-13(15,16)8-3-4-17-9(5-8)6-19-11(20)10(7-1-2-7)18-12(19)21/h3-5,7,10H,1-2,6H2,(H,18,21). The molecule has 0 radical (unpaired) electrons. The van der Waals surface area contributed by atoms with Crippen LogP contribution in [0.4, 0.5) is 18.0 Å². The van der Waals surface area contributed by atoms with Crippen LogP contribution in [0.5, 0.6) is 0 Å². The molecule has 0 spiro atoms. The summed E-state index contributed by atoms with van der Waals surface area (Å²) in [5.74, 6) is -0.234. The second-order valence-corrected chi connectivity index (χ2v) is 5.22. The van der Waals surface area contributed by atoms with Crippen molar-refractivity contribution in [1.82, 2.24) is 15.2 Å². The average molecular weight is 299 g/mol. The Morgan fingerprint density at radius 2 is 2.05 bits per heavy atom. The molecule has 8 heteroatoms. The maximum atomic E-state index is 12.6. The number of amides is 3. The molecule has 1 aromatic heterocycles. The first kappa shape index (κ1) is 13.8. The molecule has 5 nitrogen and oxygen atoms in total. The van der Waals surface area contributed by atoms with Crippen LogP contribution in [0.15, 0.2) is 18.3 Å². The highest BCUT2D eigenvalue weighted by atomic mass is 19.4. The van der Waals surface area contributed by atoms with E-state index in [4.69, 9.17) is 0 Å². The number of pyridine rings is 1. The van der Waals surface area contributed by atoms with Crippen molar-refractivity contribution in [3.8, 4) is 0 Å². The zero-order valence-electron chi connectivity index (χ0n) is 10.9. The molecule has 112 valence electrons. The van der Waals surface area contributed by atoms with Gasteiger partial charge in [-0.25, -0.2) is 4.79 Å². The Balaban J connectivity index is 1.77. The van der Waals surface area contributed by atoms with E-state index in [0.29, 0.717) is 0 Å². The molecule has 0 aromatic carbocycles. The SMILES string of the molecule is O=C1NC(C2CC2)C(=O)N1Cc1cc(C(F)(F)F)ccn1. The van der Waals surface area contributed by atoms with Crippen LogP contribution in [-0.4, -0.2) is 27.9 Å². The Bertz CT molecular complexity index is 599. The first-order chi connectivity index (χ1) is 9.86. The molecule has 1 N–H and O–H groups in total. The molecule has 0 bridgehead atoms. The number of halogens is 3. The van der Waals surface area contributed by atoms with Crippen molar-refractivity contribution in [2.45, 2.75) is 31.6 Å². The zero-order valence-corrected chi connectivity index (χ0v) is 10.9. The van der Waals surface area contributed by atoms with Gasteiger partial charge in [0.2, 0.25) is 0 Å². The van der Waals surface area contributed by atoms with Crippen LogP contribution in [-0.2, 0) is 17.5 Å². The first-order valence-electron chi connectivity index (χ1n) is 6.50. The second kappa shape index (κ2) is 4.71. The Kier molecular flexibility index (Phi) is 3.11. The minimum absolute atomic E-state index is 0.0322. The number of carbonyl (C=O) groups excluding carboxylic acids is 2. The lowest BCUT2D eigenvalue weighted by Crippen LogP contribution is -2.32. The van der Waals surface area contributed by atoms with Crippen molar-refractivity contribution in [2.75, 3.05) is 0 Å². The van der Waals surface area contributed by atoms with Gasteiger partial charge in [0.25, 0.3) is 5.91 Å². The van der Waals surface area contributed by atoms with Crippen LogP contribution in [0.3, 0.4) is 0 Å². The normalized spacial score (nSPS) is 22.6. The lowest BCUT2D eigenvalue weighted by atomic mass is 10.2. The predicted octanol–water partition coefficient (Wildman–Crippen LogP) is 1.93. The van der Waals surface area contributed by atoms with Gasteiger partial charge in [-0.15, -0.1) is 0 Å². The topological polar surface area (TPSA) is 62.3 Å². The van der Waals surface area contributed by atoms with Crippen molar-refractivity contribution in [1.29, 1.82) is 0 Å². The molecular weight excluding hydrogens is 287 g/mol. The third kappa shape index (κ3) is 2.70. The van der Waals surface area contributed by atoms with Crippen LogP contribution in [0.25, 0.3) is 0 Å². The molecule has 1 atom stereocenters. The van der Waals surface area contributed by atoms with Crippen LogP contribution in [0, 0.1) is 5.92 Å². The van der Waals surface area contributed by atoms with E-state index in [1.807, 2.05) is 0 Å². The van der Waals surface area contributed by atoms with E-state index in [0.717, 1.165) is 36.1 Å². The largest absolute Gasteiger partial charge is 0.416 e. The number of hydrogen-bond acceptors (Lipinski definition) is 3. The van der Waals surface area contributed by atoms with E-state index in [9.17, 15) is 22.8 Å². The molecule has 3 rings (SSSR count). The van der Waals surface area contributed by atoms with Gasteiger partial charge in [0.1, 0.15) is 6.04 Å². The molecule has 1 aromatic rings. The molecule has 1 unspecified atom stereocenters. The number of nitrogens with zero attached hydrogens (tertiary/aromatic N) is 2. The molecule has 2 aliphatic rings. The maximum absolute atomic E-state index is 12.6. The number of carbonyl (C=O) groups is 2. The quantitative estimate of drug-likeness (QED) is 0.868. The minimum Gasteiger partial charge on any atom is -0.326 e. The summed E-state index contributed by atoms with van der Waals surface area (Å²) in [6, 6.07) is 0.590. The van der Waals surface area contributed by atoms with E-state index >= 15 is 0 Å². The molecule has 3 amide bonds. The Hall–Kier alpha value is -2.12. The summed E-state index contributed by atoms with van der Waals surface area (Å²) in [5.41, 5.74) is -0.817. The highest BCUT2D eigenvalue weighted by Crippen LogP contribution is 2.35. The zero-order chi connectivity index (χ0) is 15.2. The lowest BCUT2D eigenvalue weighted by molar-refractivity contribution is -0.137. The lowest BCUT2D eigenvalue weighted by Gasteiger charge is -2.13. The predicted molar refractivity (Wildman–Crippen MR) is 64.8 cm³/mol. The number of aromatic nitrogens is 1.